The van der Waals surface area contributed by atoms with E-state index < -0.39 is 23.8 Å². The summed E-state index contributed by atoms with van der Waals surface area (Å²) < 4.78 is 27.3. The Kier molecular flexibility index (Phi) is 7.82. The molecule has 0 aliphatic carbocycles. The van der Waals surface area contributed by atoms with Crippen molar-refractivity contribution < 1.29 is 13.9 Å². The Labute approximate surface area is 123 Å². The summed E-state index contributed by atoms with van der Waals surface area (Å²) in [6.07, 6.45) is 0.137. The highest BCUT2D eigenvalue weighted by Gasteiger charge is 2.25. The van der Waals surface area contributed by atoms with Crippen molar-refractivity contribution in [1.82, 2.24) is 0 Å². The van der Waals surface area contributed by atoms with Crippen molar-refractivity contribution in [3.63, 3.8) is 0 Å². The van der Waals surface area contributed by atoms with Gasteiger partial charge in [-0.05, 0) is 30.9 Å². The predicted octanol–water partition coefficient (Wildman–Crippen LogP) is 3.84. The Morgan fingerprint density at radius 2 is 1.84 bits per heavy atom. The number of hydrogen-bond acceptors (Lipinski definition) is 2. The van der Waals surface area contributed by atoms with Gasteiger partial charge in [-0.3, -0.25) is 0 Å². The molecule has 1 rings (SSSR count). The van der Waals surface area contributed by atoms with Gasteiger partial charge < -0.3 is 10.8 Å². The third kappa shape index (κ3) is 4.88. The van der Waals surface area contributed by atoms with E-state index in [2.05, 4.69) is 0 Å². The molecule has 1 aromatic carbocycles. The van der Waals surface area contributed by atoms with Gasteiger partial charge in [0.1, 0.15) is 11.6 Å². The smallest absolute Gasteiger partial charge is 0.149 e. The SMILES string of the molecule is CC(C)CC[C@@H](O)[C@@H](N)c1c(F)ccc(Cl)c1F.Cl. The van der Waals surface area contributed by atoms with Gasteiger partial charge in [0.2, 0.25) is 0 Å². The quantitative estimate of drug-likeness (QED) is 0.811. The Balaban J connectivity index is 0.00000324. The van der Waals surface area contributed by atoms with Crippen LogP contribution < -0.4 is 5.73 Å². The number of benzene rings is 1. The average Bonchev–Trinajstić information content (AvgIpc) is 2.31. The van der Waals surface area contributed by atoms with Crippen molar-refractivity contribution in [2.75, 3.05) is 0 Å². The normalized spacial score (nSPS) is 14.1. The first-order valence-electron chi connectivity index (χ1n) is 5.91. The zero-order chi connectivity index (χ0) is 13.9. The fraction of sp³-hybridized carbons (Fsp3) is 0.538. The number of rotatable bonds is 5. The van der Waals surface area contributed by atoms with Crippen LogP contribution in [0.3, 0.4) is 0 Å². The lowest BCUT2D eigenvalue weighted by atomic mass is 9.95. The minimum Gasteiger partial charge on any atom is -0.391 e. The molecular weight excluding hydrogens is 295 g/mol. The standard InChI is InChI=1S/C13H18ClF2NO.ClH/c1-7(2)3-6-10(18)13(17)11-9(15)5-4-8(14)12(11)16;/h4-5,7,10,13,18H,3,6,17H2,1-2H3;1H/t10-,13-;/m1./s1. The van der Waals surface area contributed by atoms with Crippen molar-refractivity contribution in [3.8, 4) is 0 Å². The molecule has 19 heavy (non-hydrogen) atoms. The molecule has 0 radical (unpaired) electrons. The maximum absolute atomic E-state index is 13.7. The number of hydrogen-bond donors (Lipinski definition) is 2. The fourth-order valence-electron chi connectivity index (χ4n) is 1.72. The largest absolute Gasteiger partial charge is 0.391 e. The highest BCUT2D eigenvalue weighted by molar-refractivity contribution is 6.30. The molecule has 3 N–H and O–H groups in total. The Morgan fingerprint density at radius 1 is 1.26 bits per heavy atom. The monoisotopic (exact) mass is 313 g/mol. The molecule has 0 spiro atoms. The summed E-state index contributed by atoms with van der Waals surface area (Å²) in [5.74, 6) is -1.29. The molecule has 110 valence electrons. The van der Waals surface area contributed by atoms with Gasteiger partial charge in [-0.25, -0.2) is 8.78 Å². The summed E-state index contributed by atoms with van der Waals surface area (Å²) in [5, 5.41) is 9.66. The van der Waals surface area contributed by atoms with Crippen molar-refractivity contribution >= 4 is 24.0 Å². The lowest BCUT2D eigenvalue weighted by molar-refractivity contribution is 0.125. The summed E-state index contributed by atoms with van der Waals surface area (Å²) >= 11 is 5.58. The zero-order valence-corrected chi connectivity index (χ0v) is 12.4. The summed E-state index contributed by atoms with van der Waals surface area (Å²) in [5.41, 5.74) is 5.36. The van der Waals surface area contributed by atoms with Crippen LogP contribution in [-0.2, 0) is 0 Å². The molecule has 1 aromatic rings. The summed E-state index contributed by atoms with van der Waals surface area (Å²) in [6, 6.07) is 1.07. The molecule has 0 bridgehead atoms. The van der Waals surface area contributed by atoms with Crippen LogP contribution in [0.1, 0.15) is 38.3 Å². The van der Waals surface area contributed by atoms with Crippen LogP contribution in [0, 0.1) is 17.6 Å². The first kappa shape index (κ1) is 18.6. The van der Waals surface area contributed by atoms with Crippen LogP contribution in [0.25, 0.3) is 0 Å². The first-order chi connectivity index (χ1) is 8.34. The minimum absolute atomic E-state index is 0. The maximum Gasteiger partial charge on any atom is 0.149 e. The summed E-state index contributed by atoms with van der Waals surface area (Å²) in [4.78, 5) is 0. The van der Waals surface area contributed by atoms with E-state index >= 15 is 0 Å². The van der Waals surface area contributed by atoms with E-state index in [9.17, 15) is 13.9 Å². The second-order valence-corrected chi connectivity index (χ2v) is 5.23. The molecule has 0 aliphatic rings. The van der Waals surface area contributed by atoms with Crippen LogP contribution in [0.2, 0.25) is 5.02 Å². The molecule has 0 heterocycles. The van der Waals surface area contributed by atoms with E-state index in [-0.39, 0.29) is 23.0 Å². The lowest BCUT2D eigenvalue weighted by Crippen LogP contribution is -2.28. The van der Waals surface area contributed by atoms with Gasteiger partial charge >= 0.3 is 0 Å². The van der Waals surface area contributed by atoms with Crippen LogP contribution in [0.4, 0.5) is 8.78 Å². The summed E-state index contributed by atoms with van der Waals surface area (Å²) in [7, 11) is 0. The highest BCUT2D eigenvalue weighted by atomic mass is 35.5. The number of aliphatic hydroxyl groups excluding tert-OH is 1. The van der Waals surface area contributed by atoms with E-state index in [1.807, 2.05) is 13.8 Å². The topological polar surface area (TPSA) is 46.2 Å². The zero-order valence-electron chi connectivity index (χ0n) is 10.9. The Morgan fingerprint density at radius 3 is 2.37 bits per heavy atom. The molecule has 0 amide bonds. The van der Waals surface area contributed by atoms with Crippen LogP contribution in [0.5, 0.6) is 0 Å². The molecule has 0 unspecified atom stereocenters. The van der Waals surface area contributed by atoms with E-state index in [1.165, 1.54) is 0 Å². The van der Waals surface area contributed by atoms with Crippen molar-refractivity contribution in [3.05, 3.63) is 34.4 Å². The summed E-state index contributed by atoms with van der Waals surface area (Å²) in [6.45, 7) is 4.00. The Hall–Kier alpha value is -0.420. The van der Waals surface area contributed by atoms with Gasteiger partial charge in [0, 0.05) is 5.56 Å². The molecule has 0 saturated carbocycles. The van der Waals surface area contributed by atoms with E-state index in [0.717, 1.165) is 18.6 Å². The van der Waals surface area contributed by atoms with Crippen molar-refractivity contribution in [2.45, 2.75) is 38.8 Å². The Bertz CT molecular complexity index is 416. The van der Waals surface area contributed by atoms with E-state index in [1.54, 1.807) is 0 Å². The molecule has 0 aromatic heterocycles. The van der Waals surface area contributed by atoms with Gasteiger partial charge in [0.25, 0.3) is 0 Å². The molecule has 6 heteroatoms. The third-order valence-electron chi connectivity index (χ3n) is 2.87. The van der Waals surface area contributed by atoms with Crippen LogP contribution in [0.15, 0.2) is 12.1 Å². The first-order valence-corrected chi connectivity index (χ1v) is 6.29. The second-order valence-electron chi connectivity index (χ2n) is 4.82. The van der Waals surface area contributed by atoms with Gasteiger partial charge in [-0.15, -0.1) is 12.4 Å². The fourth-order valence-corrected chi connectivity index (χ4v) is 1.89. The number of nitrogens with two attached hydrogens (primary N) is 1. The van der Waals surface area contributed by atoms with Gasteiger partial charge in [-0.1, -0.05) is 25.4 Å². The van der Waals surface area contributed by atoms with Gasteiger partial charge in [0.15, 0.2) is 0 Å². The molecule has 2 nitrogen and oxygen atoms in total. The lowest BCUT2D eigenvalue weighted by Gasteiger charge is -2.21. The number of aliphatic hydroxyl groups is 1. The highest BCUT2D eigenvalue weighted by Crippen LogP contribution is 2.28. The van der Waals surface area contributed by atoms with Gasteiger partial charge in [-0.2, -0.15) is 0 Å². The van der Waals surface area contributed by atoms with Gasteiger partial charge in [0.05, 0.1) is 17.2 Å². The van der Waals surface area contributed by atoms with Crippen LogP contribution >= 0.6 is 24.0 Å². The second kappa shape index (κ2) is 8.00. The molecule has 0 aliphatic heterocycles. The van der Waals surface area contributed by atoms with Crippen molar-refractivity contribution in [2.24, 2.45) is 11.7 Å². The molecule has 2 atom stereocenters. The third-order valence-corrected chi connectivity index (χ3v) is 3.16. The molecule has 0 fully saturated rings. The van der Waals surface area contributed by atoms with Crippen molar-refractivity contribution in [1.29, 1.82) is 0 Å². The maximum atomic E-state index is 13.7. The van der Waals surface area contributed by atoms with E-state index in [4.69, 9.17) is 17.3 Å². The molecular formula is C13H19Cl2F2NO. The molecule has 0 saturated heterocycles. The number of halogens is 4. The average molecular weight is 314 g/mol. The predicted molar refractivity (Wildman–Crippen MR) is 75.6 cm³/mol. The minimum atomic E-state index is -1.11. The van der Waals surface area contributed by atoms with E-state index in [0.29, 0.717) is 12.3 Å². The van der Waals surface area contributed by atoms with Crippen LogP contribution in [-0.4, -0.2) is 11.2 Å².